The molecule has 0 unspecified atom stereocenters. The second-order valence-corrected chi connectivity index (χ2v) is 5.57. The number of hydrogen-bond acceptors (Lipinski definition) is 4. The van der Waals surface area contributed by atoms with E-state index in [1.54, 1.807) is 13.1 Å². The van der Waals surface area contributed by atoms with Crippen molar-refractivity contribution in [2.75, 3.05) is 38.1 Å². The quantitative estimate of drug-likeness (QED) is 0.819. The SMILES string of the molecule is CNC(=O)c1ccc(N2CCC3(CC2)CNC3)cn1. The van der Waals surface area contributed by atoms with Crippen molar-refractivity contribution in [2.45, 2.75) is 12.8 Å². The van der Waals surface area contributed by atoms with Gasteiger partial charge in [-0.25, -0.2) is 4.98 Å². The number of hydrogen-bond donors (Lipinski definition) is 2. The number of carbonyl (C=O) groups is 1. The Hall–Kier alpha value is -1.62. The van der Waals surface area contributed by atoms with Crippen LogP contribution in [0.15, 0.2) is 18.3 Å². The molecule has 1 amide bonds. The molecule has 2 aliphatic heterocycles. The van der Waals surface area contributed by atoms with Gasteiger partial charge < -0.3 is 15.5 Å². The summed E-state index contributed by atoms with van der Waals surface area (Å²) in [5.74, 6) is -0.135. The minimum absolute atomic E-state index is 0.135. The van der Waals surface area contributed by atoms with E-state index >= 15 is 0 Å². The van der Waals surface area contributed by atoms with Gasteiger partial charge in [-0.15, -0.1) is 0 Å². The van der Waals surface area contributed by atoms with Crippen LogP contribution in [0.2, 0.25) is 0 Å². The zero-order valence-corrected chi connectivity index (χ0v) is 11.3. The number of carbonyl (C=O) groups excluding carboxylic acids is 1. The van der Waals surface area contributed by atoms with Crippen molar-refractivity contribution in [3.63, 3.8) is 0 Å². The predicted octanol–water partition coefficient (Wildman–Crippen LogP) is 0.631. The summed E-state index contributed by atoms with van der Waals surface area (Å²) in [5.41, 5.74) is 2.16. The van der Waals surface area contributed by atoms with Crippen LogP contribution in [0.1, 0.15) is 23.3 Å². The molecule has 0 saturated carbocycles. The number of piperidine rings is 1. The van der Waals surface area contributed by atoms with Gasteiger partial charge in [0.1, 0.15) is 5.69 Å². The monoisotopic (exact) mass is 260 g/mol. The fourth-order valence-corrected chi connectivity index (χ4v) is 2.91. The smallest absolute Gasteiger partial charge is 0.269 e. The summed E-state index contributed by atoms with van der Waals surface area (Å²) in [4.78, 5) is 18.0. The summed E-state index contributed by atoms with van der Waals surface area (Å²) in [6.07, 6.45) is 4.30. The van der Waals surface area contributed by atoms with Gasteiger partial charge >= 0.3 is 0 Å². The van der Waals surface area contributed by atoms with Crippen molar-refractivity contribution in [1.29, 1.82) is 0 Å². The zero-order chi connectivity index (χ0) is 13.3. The van der Waals surface area contributed by atoms with Gasteiger partial charge in [-0.3, -0.25) is 4.79 Å². The normalized spacial score (nSPS) is 21.0. The minimum atomic E-state index is -0.135. The first-order chi connectivity index (χ1) is 9.22. The minimum Gasteiger partial charge on any atom is -0.370 e. The Morgan fingerprint density at radius 2 is 2.11 bits per heavy atom. The maximum Gasteiger partial charge on any atom is 0.269 e. The van der Waals surface area contributed by atoms with Gasteiger partial charge in [0.25, 0.3) is 5.91 Å². The molecule has 3 rings (SSSR count). The van der Waals surface area contributed by atoms with E-state index in [1.807, 2.05) is 12.3 Å². The highest BCUT2D eigenvalue weighted by molar-refractivity contribution is 5.92. The van der Waals surface area contributed by atoms with Crippen molar-refractivity contribution in [2.24, 2.45) is 5.41 Å². The van der Waals surface area contributed by atoms with Crippen molar-refractivity contribution < 1.29 is 4.79 Å². The molecule has 0 aliphatic carbocycles. The van der Waals surface area contributed by atoms with Crippen molar-refractivity contribution in [3.8, 4) is 0 Å². The molecule has 2 aliphatic rings. The molecule has 102 valence electrons. The van der Waals surface area contributed by atoms with Crippen LogP contribution in [0.3, 0.4) is 0 Å². The fourth-order valence-electron chi connectivity index (χ4n) is 2.91. The van der Waals surface area contributed by atoms with Crippen LogP contribution >= 0.6 is 0 Å². The van der Waals surface area contributed by atoms with Gasteiger partial charge in [-0.1, -0.05) is 0 Å². The molecule has 0 bridgehead atoms. The number of rotatable bonds is 2. The van der Waals surface area contributed by atoms with Gasteiger partial charge in [0.15, 0.2) is 0 Å². The molecule has 1 spiro atoms. The first-order valence-corrected chi connectivity index (χ1v) is 6.86. The molecule has 0 atom stereocenters. The molecule has 1 aromatic heterocycles. The molecule has 5 nitrogen and oxygen atoms in total. The van der Waals surface area contributed by atoms with Crippen LogP contribution in [-0.4, -0.2) is 44.1 Å². The van der Waals surface area contributed by atoms with Crippen LogP contribution < -0.4 is 15.5 Å². The Labute approximate surface area is 113 Å². The van der Waals surface area contributed by atoms with Gasteiger partial charge in [-0.05, 0) is 30.4 Å². The first-order valence-electron chi connectivity index (χ1n) is 6.86. The topological polar surface area (TPSA) is 57.3 Å². The summed E-state index contributed by atoms with van der Waals surface area (Å²) in [5, 5.41) is 5.96. The van der Waals surface area contributed by atoms with Crippen molar-refractivity contribution in [1.82, 2.24) is 15.6 Å². The average Bonchev–Trinajstić information content (AvgIpc) is 2.45. The highest BCUT2D eigenvalue weighted by Gasteiger charge is 2.39. The van der Waals surface area contributed by atoms with E-state index in [2.05, 4.69) is 20.5 Å². The van der Waals surface area contributed by atoms with E-state index < -0.39 is 0 Å². The van der Waals surface area contributed by atoms with Gasteiger partial charge in [0.2, 0.25) is 0 Å². The van der Waals surface area contributed by atoms with Crippen LogP contribution in [0, 0.1) is 5.41 Å². The maximum absolute atomic E-state index is 11.4. The summed E-state index contributed by atoms with van der Waals surface area (Å²) in [6.45, 7) is 4.52. The van der Waals surface area contributed by atoms with Crippen LogP contribution in [0.5, 0.6) is 0 Å². The molecular weight excluding hydrogens is 240 g/mol. The number of aromatic nitrogens is 1. The van der Waals surface area contributed by atoms with Crippen LogP contribution in [-0.2, 0) is 0 Å². The van der Waals surface area contributed by atoms with E-state index in [-0.39, 0.29) is 5.91 Å². The molecule has 2 N–H and O–H groups in total. The van der Waals surface area contributed by atoms with Crippen molar-refractivity contribution in [3.05, 3.63) is 24.0 Å². The van der Waals surface area contributed by atoms with E-state index in [9.17, 15) is 4.79 Å². The molecule has 2 fully saturated rings. The van der Waals surface area contributed by atoms with Gasteiger partial charge in [-0.2, -0.15) is 0 Å². The average molecular weight is 260 g/mol. The van der Waals surface area contributed by atoms with Crippen LogP contribution in [0.4, 0.5) is 5.69 Å². The largest absolute Gasteiger partial charge is 0.370 e. The molecule has 2 saturated heterocycles. The van der Waals surface area contributed by atoms with E-state index in [4.69, 9.17) is 0 Å². The maximum atomic E-state index is 11.4. The van der Waals surface area contributed by atoms with Crippen LogP contribution in [0.25, 0.3) is 0 Å². The Kier molecular flexibility index (Phi) is 3.14. The van der Waals surface area contributed by atoms with E-state index in [0.717, 1.165) is 18.8 Å². The molecule has 0 aromatic carbocycles. The zero-order valence-electron chi connectivity index (χ0n) is 11.3. The Morgan fingerprint density at radius 1 is 1.37 bits per heavy atom. The van der Waals surface area contributed by atoms with E-state index in [1.165, 1.54) is 25.9 Å². The summed E-state index contributed by atoms with van der Waals surface area (Å²) >= 11 is 0. The Bertz CT molecular complexity index is 457. The van der Waals surface area contributed by atoms with Crippen molar-refractivity contribution >= 4 is 11.6 Å². The summed E-state index contributed by atoms with van der Waals surface area (Å²) in [6, 6.07) is 3.79. The second-order valence-electron chi connectivity index (χ2n) is 5.57. The summed E-state index contributed by atoms with van der Waals surface area (Å²) < 4.78 is 0. The highest BCUT2D eigenvalue weighted by atomic mass is 16.1. The highest BCUT2D eigenvalue weighted by Crippen LogP contribution is 2.36. The second kappa shape index (κ2) is 4.81. The third-order valence-corrected chi connectivity index (χ3v) is 4.40. The number of nitrogens with zero attached hydrogens (tertiary/aromatic N) is 2. The Morgan fingerprint density at radius 3 is 2.58 bits per heavy atom. The molecule has 0 radical (unpaired) electrons. The summed E-state index contributed by atoms with van der Waals surface area (Å²) in [7, 11) is 1.62. The number of nitrogens with one attached hydrogen (secondary N) is 2. The number of amides is 1. The lowest BCUT2D eigenvalue weighted by molar-refractivity contribution is 0.0958. The lowest BCUT2D eigenvalue weighted by Crippen LogP contribution is -2.58. The predicted molar refractivity (Wildman–Crippen MR) is 74.4 cm³/mol. The standard InChI is InChI=1S/C14H20N4O/c1-15-13(19)12-3-2-11(8-17-12)18-6-4-14(5-7-18)9-16-10-14/h2-3,8,16H,4-7,9-10H2,1H3,(H,15,19). The molecular formula is C14H20N4O. The lowest BCUT2D eigenvalue weighted by Gasteiger charge is -2.48. The third-order valence-electron chi connectivity index (χ3n) is 4.40. The third kappa shape index (κ3) is 2.30. The van der Waals surface area contributed by atoms with Gasteiger partial charge in [0, 0.05) is 33.2 Å². The molecule has 5 heteroatoms. The first kappa shape index (κ1) is 12.4. The molecule has 19 heavy (non-hydrogen) atoms. The Balaban J connectivity index is 1.65. The number of pyridine rings is 1. The fraction of sp³-hybridized carbons (Fsp3) is 0.571. The molecule has 3 heterocycles. The lowest BCUT2D eigenvalue weighted by atomic mass is 9.73. The van der Waals surface area contributed by atoms with Gasteiger partial charge in [0.05, 0.1) is 11.9 Å². The van der Waals surface area contributed by atoms with E-state index in [0.29, 0.717) is 11.1 Å². The number of anilines is 1. The molecule has 1 aromatic rings.